The second kappa shape index (κ2) is 2.96. The molecule has 0 spiro atoms. The van der Waals surface area contributed by atoms with Gasteiger partial charge in [0, 0.05) is 26.2 Å². The van der Waals surface area contributed by atoms with Gasteiger partial charge in [-0.05, 0) is 0 Å². The SMILES string of the molecule is c1nc2nn1C2N1CCN(C2c3ncn2n3)CC1. The maximum atomic E-state index is 4.23. The quantitative estimate of drug-likeness (QED) is 0.668. The number of nitrogens with zero attached hydrogens (tertiary/aromatic N) is 8. The Balaban J connectivity index is 1.27. The first kappa shape index (κ1) is 9.17. The van der Waals surface area contributed by atoms with Crippen LogP contribution in [0, 0.1) is 0 Å². The van der Waals surface area contributed by atoms with Gasteiger partial charge in [-0.2, -0.15) is 10.2 Å². The maximum Gasteiger partial charge on any atom is 0.190 e. The highest BCUT2D eigenvalue weighted by molar-refractivity contribution is 5.06. The van der Waals surface area contributed by atoms with Gasteiger partial charge in [-0.3, -0.25) is 9.80 Å². The Morgan fingerprint density at radius 3 is 1.50 bits per heavy atom. The molecule has 2 atom stereocenters. The van der Waals surface area contributed by atoms with Crippen LogP contribution in [0.3, 0.4) is 0 Å². The van der Waals surface area contributed by atoms with Crippen molar-refractivity contribution in [2.24, 2.45) is 0 Å². The Labute approximate surface area is 103 Å². The first-order chi connectivity index (χ1) is 8.90. The lowest BCUT2D eigenvalue weighted by atomic mass is 10.2. The molecular weight excluding hydrogens is 232 g/mol. The molecule has 7 rings (SSSR count). The number of rotatable bonds is 2. The zero-order chi connectivity index (χ0) is 11.7. The molecule has 92 valence electrons. The third-order valence-corrected chi connectivity index (χ3v) is 4.06. The summed E-state index contributed by atoms with van der Waals surface area (Å²) < 4.78 is 3.88. The van der Waals surface area contributed by atoms with Gasteiger partial charge in [-0.1, -0.05) is 0 Å². The predicted octanol–water partition coefficient (Wildman–Crippen LogP) is -1.09. The van der Waals surface area contributed by atoms with Gasteiger partial charge >= 0.3 is 0 Å². The van der Waals surface area contributed by atoms with Crippen LogP contribution >= 0.6 is 0 Å². The largest absolute Gasteiger partial charge is 0.273 e. The van der Waals surface area contributed by atoms with Gasteiger partial charge < -0.3 is 0 Å². The smallest absolute Gasteiger partial charge is 0.190 e. The molecule has 8 heteroatoms. The molecule has 0 aromatic carbocycles. The number of hydrogen-bond acceptors (Lipinski definition) is 6. The minimum Gasteiger partial charge on any atom is -0.273 e. The monoisotopic (exact) mass is 244 g/mol. The first-order valence-electron chi connectivity index (χ1n) is 6.20. The second-order valence-electron chi connectivity index (χ2n) is 4.98. The molecular formula is C10H12N8. The van der Waals surface area contributed by atoms with Crippen molar-refractivity contribution in [3.8, 4) is 0 Å². The molecule has 0 N–H and O–H groups in total. The van der Waals surface area contributed by atoms with E-state index in [2.05, 4.69) is 30.0 Å². The zero-order valence-corrected chi connectivity index (χ0v) is 9.72. The Morgan fingerprint density at radius 1 is 0.778 bits per heavy atom. The zero-order valence-electron chi connectivity index (χ0n) is 9.72. The van der Waals surface area contributed by atoms with E-state index in [1.54, 1.807) is 0 Å². The fraction of sp³-hybridized carbons (Fsp3) is 0.600. The summed E-state index contributed by atoms with van der Waals surface area (Å²) in [6, 6.07) is 0. The summed E-state index contributed by atoms with van der Waals surface area (Å²) >= 11 is 0. The minimum atomic E-state index is 0.305. The van der Waals surface area contributed by atoms with E-state index < -0.39 is 0 Å². The Hall–Kier alpha value is -1.80. The highest BCUT2D eigenvalue weighted by Crippen LogP contribution is 2.31. The van der Waals surface area contributed by atoms with E-state index in [-0.39, 0.29) is 0 Å². The van der Waals surface area contributed by atoms with Gasteiger partial charge in [0.05, 0.1) is 0 Å². The molecule has 2 aromatic heterocycles. The topological polar surface area (TPSA) is 67.9 Å². The van der Waals surface area contributed by atoms with Gasteiger partial charge in [-0.25, -0.2) is 19.3 Å². The highest BCUT2D eigenvalue weighted by atomic mass is 15.6. The second-order valence-corrected chi connectivity index (χ2v) is 4.98. The molecule has 5 aliphatic heterocycles. The van der Waals surface area contributed by atoms with Crippen LogP contribution in [-0.4, -0.2) is 65.5 Å². The van der Waals surface area contributed by atoms with Crippen molar-refractivity contribution in [3.05, 3.63) is 24.3 Å². The molecule has 0 aliphatic carbocycles. The summed E-state index contributed by atoms with van der Waals surface area (Å²) in [5, 5.41) is 8.46. The van der Waals surface area contributed by atoms with Crippen LogP contribution in [-0.2, 0) is 0 Å². The van der Waals surface area contributed by atoms with E-state index in [4.69, 9.17) is 0 Å². The summed E-state index contributed by atoms with van der Waals surface area (Å²) in [5.74, 6) is 1.92. The molecule has 0 radical (unpaired) electrons. The van der Waals surface area contributed by atoms with E-state index in [1.807, 2.05) is 22.0 Å². The molecule has 2 unspecified atom stereocenters. The van der Waals surface area contributed by atoms with Crippen molar-refractivity contribution >= 4 is 0 Å². The number of hydrogen-bond donors (Lipinski definition) is 0. The third kappa shape index (κ3) is 0.982. The fourth-order valence-corrected chi connectivity index (χ4v) is 3.06. The number of aromatic nitrogens is 6. The van der Waals surface area contributed by atoms with E-state index in [9.17, 15) is 0 Å². The van der Waals surface area contributed by atoms with Crippen molar-refractivity contribution in [3.63, 3.8) is 0 Å². The van der Waals surface area contributed by atoms with Crippen LogP contribution in [0.25, 0.3) is 0 Å². The standard InChI is InChI=1S/C10H12N8/c1-2-16(10-8-12-6-18(10)14-8)4-3-15(1)9-7-11-5-17(9)13-7/h5-6,9-10H,1-4H2. The van der Waals surface area contributed by atoms with E-state index >= 15 is 0 Å². The first-order valence-corrected chi connectivity index (χ1v) is 6.20. The van der Waals surface area contributed by atoms with Crippen LogP contribution in [0.15, 0.2) is 12.7 Å². The van der Waals surface area contributed by atoms with Crippen molar-refractivity contribution in [2.75, 3.05) is 26.2 Å². The molecule has 0 amide bonds. The number of fused-ring (bicyclic) bond motifs is 2. The summed E-state index contributed by atoms with van der Waals surface area (Å²) in [7, 11) is 0. The molecule has 2 aromatic rings. The van der Waals surface area contributed by atoms with Crippen LogP contribution in [0.4, 0.5) is 0 Å². The molecule has 1 fully saturated rings. The van der Waals surface area contributed by atoms with E-state index in [0.29, 0.717) is 12.3 Å². The Morgan fingerprint density at radius 2 is 1.22 bits per heavy atom. The summed E-state index contributed by atoms with van der Waals surface area (Å²) in [6.45, 7) is 4.17. The average Bonchev–Trinajstić information content (AvgIpc) is 3.11. The summed E-state index contributed by atoms with van der Waals surface area (Å²) in [6.07, 6.45) is 4.23. The molecule has 8 nitrogen and oxygen atoms in total. The highest BCUT2D eigenvalue weighted by Gasteiger charge is 2.40. The van der Waals surface area contributed by atoms with Gasteiger partial charge in [0.1, 0.15) is 12.7 Å². The molecule has 1 saturated heterocycles. The Bertz CT molecular complexity index is 501. The van der Waals surface area contributed by atoms with Crippen LogP contribution in [0.5, 0.6) is 0 Å². The van der Waals surface area contributed by atoms with Crippen molar-refractivity contribution in [2.45, 2.75) is 12.3 Å². The van der Waals surface area contributed by atoms with Crippen LogP contribution in [0.1, 0.15) is 24.0 Å². The van der Waals surface area contributed by atoms with Gasteiger partial charge in [-0.15, -0.1) is 0 Å². The number of piperazine rings is 1. The minimum absolute atomic E-state index is 0.305. The third-order valence-electron chi connectivity index (χ3n) is 4.06. The summed E-state index contributed by atoms with van der Waals surface area (Å²) in [5.41, 5.74) is 0. The normalized spacial score (nSPS) is 30.0. The van der Waals surface area contributed by atoms with Gasteiger partial charge in [0.2, 0.25) is 0 Å². The van der Waals surface area contributed by atoms with Gasteiger partial charge in [0.15, 0.2) is 24.0 Å². The predicted molar refractivity (Wildman–Crippen MR) is 59.5 cm³/mol. The average molecular weight is 244 g/mol. The lowest BCUT2D eigenvalue weighted by Crippen LogP contribution is -2.53. The van der Waals surface area contributed by atoms with E-state index in [1.165, 1.54) is 0 Å². The molecule has 4 bridgehead atoms. The summed E-state index contributed by atoms with van der Waals surface area (Å²) in [4.78, 5) is 13.3. The maximum absolute atomic E-state index is 4.23. The van der Waals surface area contributed by atoms with Crippen molar-refractivity contribution < 1.29 is 0 Å². The van der Waals surface area contributed by atoms with Crippen molar-refractivity contribution in [1.82, 2.24) is 39.3 Å². The molecule has 18 heavy (non-hydrogen) atoms. The van der Waals surface area contributed by atoms with Gasteiger partial charge in [0.25, 0.3) is 0 Å². The van der Waals surface area contributed by atoms with Crippen LogP contribution < -0.4 is 0 Å². The fourth-order valence-electron chi connectivity index (χ4n) is 3.06. The Kier molecular flexibility index (Phi) is 1.51. The lowest BCUT2D eigenvalue weighted by molar-refractivity contribution is 0.0208. The molecule has 0 saturated carbocycles. The molecule has 7 heterocycles. The molecule has 5 aliphatic rings. The van der Waals surface area contributed by atoms with Crippen LogP contribution in [0.2, 0.25) is 0 Å². The van der Waals surface area contributed by atoms with E-state index in [0.717, 1.165) is 37.8 Å². The lowest BCUT2D eigenvalue weighted by Gasteiger charge is -2.42. The van der Waals surface area contributed by atoms with Crippen molar-refractivity contribution in [1.29, 1.82) is 0 Å².